The summed E-state index contributed by atoms with van der Waals surface area (Å²) in [6, 6.07) is 0.473. The van der Waals surface area contributed by atoms with E-state index in [1.165, 1.54) is 0 Å². The van der Waals surface area contributed by atoms with E-state index in [1.807, 2.05) is 20.0 Å². The van der Waals surface area contributed by atoms with Crippen LogP contribution in [0.25, 0.3) is 0 Å². The lowest BCUT2D eigenvalue weighted by Gasteiger charge is -2.13. The monoisotopic (exact) mass is 221 g/mol. The largest absolute Gasteiger partial charge is 0.381 e. The molecule has 1 aromatic heterocycles. The van der Waals surface area contributed by atoms with Crippen LogP contribution in [0.2, 0.25) is 0 Å². The fraction of sp³-hybridized carbons (Fsp3) is 0.667. The molecule has 0 spiro atoms. The summed E-state index contributed by atoms with van der Waals surface area (Å²) in [4.78, 5) is 8.78. The summed E-state index contributed by atoms with van der Waals surface area (Å²) in [6.07, 6.45) is 5.55. The Morgan fingerprint density at radius 1 is 1.31 bits per heavy atom. The van der Waals surface area contributed by atoms with Gasteiger partial charge >= 0.3 is 0 Å². The molecule has 2 unspecified atom stereocenters. The van der Waals surface area contributed by atoms with Gasteiger partial charge in [0.15, 0.2) is 0 Å². The van der Waals surface area contributed by atoms with Crippen LogP contribution in [0, 0.1) is 13.8 Å². The fourth-order valence-corrected chi connectivity index (χ4v) is 2.11. The topological polar surface area (TPSA) is 47.0 Å². The number of aromatic nitrogens is 2. The van der Waals surface area contributed by atoms with Crippen molar-refractivity contribution in [2.24, 2.45) is 0 Å². The molecule has 0 bridgehead atoms. The van der Waals surface area contributed by atoms with Gasteiger partial charge in [-0.3, -0.25) is 4.98 Å². The molecule has 1 aliphatic carbocycles. The summed E-state index contributed by atoms with van der Waals surface area (Å²) in [6.45, 7) is 3.96. The average molecular weight is 221 g/mol. The van der Waals surface area contributed by atoms with Crippen molar-refractivity contribution in [3.63, 3.8) is 0 Å². The Balaban J connectivity index is 1.97. The first-order chi connectivity index (χ1) is 7.69. The normalized spacial score (nSPS) is 24.7. The van der Waals surface area contributed by atoms with Crippen LogP contribution >= 0.6 is 0 Å². The second-order valence-electron chi connectivity index (χ2n) is 4.44. The quantitative estimate of drug-likeness (QED) is 0.848. The minimum Gasteiger partial charge on any atom is -0.381 e. The lowest BCUT2D eigenvalue weighted by atomic mass is 10.2. The van der Waals surface area contributed by atoms with E-state index in [-0.39, 0.29) is 0 Å². The third-order valence-electron chi connectivity index (χ3n) is 3.26. The first-order valence-electron chi connectivity index (χ1n) is 5.78. The van der Waals surface area contributed by atoms with E-state index in [0.717, 1.165) is 36.5 Å². The molecule has 1 saturated carbocycles. The molecule has 1 N–H and O–H groups in total. The van der Waals surface area contributed by atoms with Crippen LogP contribution in [0.3, 0.4) is 0 Å². The Kier molecular flexibility index (Phi) is 3.39. The molecule has 16 heavy (non-hydrogen) atoms. The van der Waals surface area contributed by atoms with Crippen molar-refractivity contribution < 1.29 is 4.74 Å². The van der Waals surface area contributed by atoms with Crippen molar-refractivity contribution in [3.8, 4) is 0 Å². The molecule has 0 aliphatic heterocycles. The molecule has 0 amide bonds. The average Bonchev–Trinajstić information content (AvgIpc) is 2.71. The molecular weight excluding hydrogens is 202 g/mol. The van der Waals surface area contributed by atoms with Crippen LogP contribution in [0.1, 0.15) is 30.7 Å². The summed E-state index contributed by atoms with van der Waals surface area (Å²) >= 11 is 0. The Hall–Kier alpha value is -1.16. The predicted octanol–water partition coefficient (Wildman–Crippen LogP) is 2.07. The Morgan fingerprint density at radius 2 is 2.12 bits per heavy atom. The third kappa shape index (κ3) is 2.50. The number of hydrogen-bond donors (Lipinski definition) is 1. The zero-order valence-corrected chi connectivity index (χ0v) is 10.2. The minimum absolute atomic E-state index is 0.400. The molecule has 1 fully saturated rings. The van der Waals surface area contributed by atoms with Gasteiger partial charge in [-0.25, -0.2) is 4.98 Å². The van der Waals surface area contributed by atoms with Gasteiger partial charge < -0.3 is 10.1 Å². The molecule has 0 radical (unpaired) electrons. The first-order valence-corrected chi connectivity index (χ1v) is 5.78. The smallest absolute Gasteiger partial charge is 0.145 e. The molecule has 1 heterocycles. The van der Waals surface area contributed by atoms with Crippen LogP contribution in [0.4, 0.5) is 5.82 Å². The second-order valence-corrected chi connectivity index (χ2v) is 4.44. The third-order valence-corrected chi connectivity index (χ3v) is 3.26. The highest BCUT2D eigenvalue weighted by Crippen LogP contribution is 2.24. The van der Waals surface area contributed by atoms with Gasteiger partial charge in [0.05, 0.1) is 23.7 Å². The number of hydrogen-bond acceptors (Lipinski definition) is 4. The second kappa shape index (κ2) is 4.78. The van der Waals surface area contributed by atoms with Crippen molar-refractivity contribution in [2.75, 3.05) is 12.4 Å². The maximum atomic E-state index is 5.35. The summed E-state index contributed by atoms with van der Waals surface area (Å²) in [7, 11) is 1.78. The van der Waals surface area contributed by atoms with Crippen LogP contribution in [0.5, 0.6) is 0 Å². The van der Waals surface area contributed by atoms with Crippen LogP contribution in [0.15, 0.2) is 6.20 Å². The molecular formula is C12H19N3O. The summed E-state index contributed by atoms with van der Waals surface area (Å²) in [5, 5.41) is 3.42. The lowest BCUT2D eigenvalue weighted by Crippen LogP contribution is -2.18. The van der Waals surface area contributed by atoms with E-state index in [1.54, 1.807) is 7.11 Å². The molecule has 2 rings (SSSR count). The predicted molar refractivity (Wildman–Crippen MR) is 63.6 cm³/mol. The number of ether oxygens (including phenoxy) is 1. The van der Waals surface area contributed by atoms with Crippen LogP contribution < -0.4 is 5.32 Å². The van der Waals surface area contributed by atoms with Gasteiger partial charge in [0.25, 0.3) is 0 Å². The molecule has 1 aliphatic rings. The zero-order valence-electron chi connectivity index (χ0n) is 10.2. The standard InChI is InChI=1S/C12H19N3O/c1-8-9(2)14-12(7-13-8)15-10-4-5-11(6-10)16-3/h7,10-11H,4-6H2,1-3H3,(H,14,15). The van der Waals surface area contributed by atoms with Crippen molar-refractivity contribution in [1.29, 1.82) is 0 Å². The van der Waals surface area contributed by atoms with Crippen molar-refractivity contribution in [2.45, 2.75) is 45.3 Å². The van der Waals surface area contributed by atoms with Crippen molar-refractivity contribution in [1.82, 2.24) is 9.97 Å². The van der Waals surface area contributed by atoms with E-state index < -0.39 is 0 Å². The number of methoxy groups -OCH3 is 1. The van der Waals surface area contributed by atoms with Crippen LogP contribution in [-0.2, 0) is 4.74 Å². The van der Waals surface area contributed by atoms with E-state index in [0.29, 0.717) is 12.1 Å². The number of nitrogens with one attached hydrogen (secondary N) is 1. The maximum Gasteiger partial charge on any atom is 0.145 e. The SMILES string of the molecule is COC1CCC(Nc2cnc(C)c(C)n2)C1. The van der Waals surface area contributed by atoms with E-state index in [2.05, 4.69) is 15.3 Å². The minimum atomic E-state index is 0.400. The van der Waals surface area contributed by atoms with E-state index >= 15 is 0 Å². The molecule has 4 nitrogen and oxygen atoms in total. The van der Waals surface area contributed by atoms with E-state index in [9.17, 15) is 0 Å². The lowest BCUT2D eigenvalue weighted by molar-refractivity contribution is 0.108. The molecule has 1 aromatic rings. The van der Waals surface area contributed by atoms with Gasteiger partial charge in [-0.1, -0.05) is 0 Å². The Labute approximate surface area is 96.4 Å². The van der Waals surface area contributed by atoms with Crippen LogP contribution in [-0.4, -0.2) is 29.2 Å². The maximum absolute atomic E-state index is 5.35. The fourth-order valence-electron chi connectivity index (χ4n) is 2.11. The molecule has 0 aromatic carbocycles. The Bertz CT molecular complexity index is 367. The number of aryl methyl sites for hydroxylation is 2. The highest BCUT2D eigenvalue weighted by Gasteiger charge is 2.24. The van der Waals surface area contributed by atoms with Gasteiger partial charge in [-0.15, -0.1) is 0 Å². The van der Waals surface area contributed by atoms with Crippen molar-refractivity contribution in [3.05, 3.63) is 17.6 Å². The molecule has 2 atom stereocenters. The zero-order chi connectivity index (χ0) is 11.5. The van der Waals surface area contributed by atoms with Gasteiger partial charge in [0.2, 0.25) is 0 Å². The van der Waals surface area contributed by atoms with Gasteiger partial charge in [0.1, 0.15) is 5.82 Å². The number of rotatable bonds is 3. The van der Waals surface area contributed by atoms with Gasteiger partial charge in [-0.05, 0) is 33.1 Å². The first kappa shape index (κ1) is 11.3. The summed E-state index contributed by atoms with van der Waals surface area (Å²) < 4.78 is 5.35. The van der Waals surface area contributed by atoms with Gasteiger partial charge in [-0.2, -0.15) is 0 Å². The number of anilines is 1. The summed E-state index contributed by atoms with van der Waals surface area (Å²) in [5.41, 5.74) is 1.98. The highest BCUT2D eigenvalue weighted by atomic mass is 16.5. The molecule has 4 heteroatoms. The van der Waals surface area contributed by atoms with Gasteiger partial charge in [0, 0.05) is 13.2 Å². The molecule has 88 valence electrons. The highest BCUT2D eigenvalue weighted by molar-refractivity contribution is 5.34. The number of nitrogens with zero attached hydrogens (tertiary/aromatic N) is 2. The summed E-state index contributed by atoms with van der Waals surface area (Å²) in [5.74, 6) is 0.879. The Morgan fingerprint density at radius 3 is 2.75 bits per heavy atom. The molecule has 0 saturated heterocycles. The van der Waals surface area contributed by atoms with Crippen molar-refractivity contribution >= 4 is 5.82 Å². The van der Waals surface area contributed by atoms with E-state index in [4.69, 9.17) is 4.74 Å².